The summed E-state index contributed by atoms with van der Waals surface area (Å²) >= 11 is 0. The number of carboxylic acid groups (broad SMARTS) is 2. The molecule has 3 aliphatic rings. The Morgan fingerprint density at radius 1 is 0.848 bits per heavy atom. The lowest BCUT2D eigenvalue weighted by molar-refractivity contribution is -0.118. The first-order valence-electron chi connectivity index (χ1n) is 11.4. The number of nitrogens with zero attached hydrogens (tertiary/aromatic N) is 3. The van der Waals surface area contributed by atoms with Gasteiger partial charge in [-0.05, 0) is 41.8 Å². The van der Waals surface area contributed by atoms with E-state index in [0.717, 1.165) is 43.7 Å². The average Bonchev–Trinajstić information content (AvgIpc) is 3.13. The number of benzene rings is 2. The molecule has 3 aliphatic heterocycles. The van der Waals surface area contributed by atoms with Gasteiger partial charge in [-0.2, -0.15) is 0 Å². The smallest absolute Gasteiger partial charge is 0.335 e. The van der Waals surface area contributed by atoms with Crippen molar-refractivity contribution in [3.63, 3.8) is 0 Å². The van der Waals surface area contributed by atoms with Crippen LogP contribution < -0.4 is 0 Å². The molecule has 33 heavy (non-hydrogen) atoms. The van der Waals surface area contributed by atoms with Crippen LogP contribution in [0.15, 0.2) is 48.5 Å². The zero-order valence-corrected chi connectivity index (χ0v) is 18.4. The highest BCUT2D eigenvalue weighted by atomic mass is 16.4. The van der Waals surface area contributed by atoms with Crippen molar-refractivity contribution in [2.75, 3.05) is 32.7 Å². The maximum Gasteiger partial charge on any atom is 0.335 e. The molecule has 0 amide bonds. The molecule has 8 heteroatoms. The number of piperazine rings is 1. The largest absolute Gasteiger partial charge is 0.478 e. The summed E-state index contributed by atoms with van der Waals surface area (Å²) < 4.78 is 0. The van der Waals surface area contributed by atoms with E-state index >= 15 is 0 Å². The summed E-state index contributed by atoms with van der Waals surface area (Å²) in [6.45, 7) is 5.51. The number of carbonyl (C=O) groups is 2. The molecule has 3 saturated heterocycles. The van der Waals surface area contributed by atoms with Gasteiger partial charge in [0.25, 0.3) is 0 Å². The fourth-order valence-electron chi connectivity index (χ4n) is 5.94. The Labute approximate surface area is 192 Å². The summed E-state index contributed by atoms with van der Waals surface area (Å²) in [4.78, 5) is 29.8. The van der Waals surface area contributed by atoms with E-state index < -0.39 is 11.9 Å². The molecule has 3 N–H and O–H groups in total. The first-order chi connectivity index (χ1) is 15.8. The van der Waals surface area contributed by atoms with Crippen LogP contribution in [0.5, 0.6) is 0 Å². The first kappa shape index (κ1) is 22.0. The number of aliphatic hydroxyl groups is 1. The van der Waals surface area contributed by atoms with Crippen molar-refractivity contribution in [3.05, 3.63) is 70.8 Å². The minimum absolute atomic E-state index is 0.0464. The molecule has 0 bridgehead atoms. The highest BCUT2D eigenvalue weighted by Crippen LogP contribution is 2.39. The maximum absolute atomic E-state index is 11.3. The third-order valence-electron chi connectivity index (χ3n) is 7.18. The number of aliphatic hydroxyl groups excluding tert-OH is 1. The number of likely N-dealkylation sites (tertiary alicyclic amines) is 1. The zero-order valence-electron chi connectivity index (χ0n) is 18.4. The Hall–Kier alpha value is -2.78. The third kappa shape index (κ3) is 4.39. The van der Waals surface area contributed by atoms with Gasteiger partial charge < -0.3 is 15.3 Å². The summed E-state index contributed by atoms with van der Waals surface area (Å²) in [6.07, 6.45) is 0.442. The van der Waals surface area contributed by atoms with E-state index in [1.807, 2.05) is 12.1 Å². The van der Waals surface area contributed by atoms with Crippen LogP contribution >= 0.6 is 0 Å². The molecule has 3 fully saturated rings. The Balaban J connectivity index is 1.29. The van der Waals surface area contributed by atoms with Crippen molar-refractivity contribution in [2.24, 2.45) is 0 Å². The van der Waals surface area contributed by atoms with Gasteiger partial charge in [0.05, 0.1) is 22.8 Å². The second kappa shape index (κ2) is 8.53. The number of aromatic carboxylic acids is 2. The summed E-state index contributed by atoms with van der Waals surface area (Å²) in [5.41, 5.74) is 2.53. The maximum atomic E-state index is 11.3. The van der Waals surface area contributed by atoms with Crippen LogP contribution in [-0.2, 0) is 13.1 Å². The normalized spacial score (nSPS) is 25.0. The van der Waals surface area contributed by atoms with E-state index in [1.165, 1.54) is 0 Å². The van der Waals surface area contributed by atoms with E-state index in [1.54, 1.807) is 36.4 Å². The van der Waals surface area contributed by atoms with Crippen LogP contribution in [0.4, 0.5) is 0 Å². The van der Waals surface area contributed by atoms with Gasteiger partial charge in [-0.1, -0.05) is 24.3 Å². The van der Waals surface area contributed by atoms with Gasteiger partial charge in [0.15, 0.2) is 0 Å². The predicted octanol–water partition coefficient (Wildman–Crippen LogP) is 1.59. The van der Waals surface area contributed by atoms with Crippen molar-refractivity contribution in [1.29, 1.82) is 0 Å². The minimum Gasteiger partial charge on any atom is -0.478 e. The van der Waals surface area contributed by atoms with Crippen LogP contribution in [-0.4, -0.2) is 92.4 Å². The highest BCUT2D eigenvalue weighted by Gasteiger charge is 2.55. The standard InChI is InChI=1S/C25H29N3O5/c29-22-9-21-12-26(10-17-3-1-5-19(7-17)23(30)31)14-25(28(21)13-22)15-27(16-25)11-18-4-2-6-20(8-18)24(32)33/h1-8,21-22,29H,9-16H2,(H,30,31)(H,32,33). The Morgan fingerprint density at radius 2 is 1.39 bits per heavy atom. The molecule has 0 radical (unpaired) electrons. The van der Waals surface area contributed by atoms with Gasteiger partial charge in [0.2, 0.25) is 0 Å². The predicted molar refractivity (Wildman–Crippen MR) is 121 cm³/mol. The summed E-state index contributed by atoms with van der Waals surface area (Å²) in [7, 11) is 0. The first-order valence-corrected chi connectivity index (χ1v) is 11.4. The molecular formula is C25H29N3O5. The molecule has 174 valence electrons. The van der Waals surface area contributed by atoms with E-state index in [-0.39, 0.29) is 17.7 Å². The molecule has 8 nitrogen and oxygen atoms in total. The summed E-state index contributed by atoms with van der Waals surface area (Å²) in [5.74, 6) is -1.83. The van der Waals surface area contributed by atoms with Crippen molar-refractivity contribution < 1.29 is 24.9 Å². The topological polar surface area (TPSA) is 105 Å². The molecule has 3 heterocycles. The van der Waals surface area contributed by atoms with Gasteiger partial charge in [-0.15, -0.1) is 0 Å². The Kier molecular flexibility index (Phi) is 5.70. The van der Waals surface area contributed by atoms with Crippen molar-refractivity contribution in [1.82, 2.24) is 14.7 Å². The van der Waals surface area contributed by atoms with Gasteiger partial charge in [-0.3, -0.25) is 14.7 Å². The Bertz CT molecular complexity index is 1070. The van der Waals surface area contributed by atoms with E-state index in [2.05, 4.69) is 14.7 Å². The lowest BCUT2D eigenvalue weighted by Gasteiger charge is -2.61. The minimum atomic E-state index is -0.918. The van der Waals surface area contributed by atoms with E-state index in [0.29, 0.717) is 30.8 Å². The van der Waals surface area contributed by atoms with Crippen LogP contribution in [0.25, 0.3) is 0 Å². The number of rotatable bonds is 6. The van der Waals surface area contributed by atoms with Gasteiger partial charge in [0.1, 0.15) is 0 Å². The SMILES string of the molecule is O=C(O)c1cccc(CN2CC3CC(O)CN3C3(C2)CN(Cc2cccc(C(=O)O)c2)C3)c1. The summed E-state index contributed by atoms with van der Waals surface area (Å²) in [5, 5.41) is 28.9. The number of fused-ring (bicyclic) bond motifs is 2. The second-order valence-electron chi connectivity index (χ2n) is 9.75. The van der Waals surface area contributed by atoms with Crippen LogP contribution in [0.1, 0.15) is 38.3 Å². The highest BCUT2D eigenvalue weighted by molar-refractivity contribution is 5.88. The molecule has 0 aromatic heterocycles. The van der Waals surface area contributed by atoms with Crippen LogP contribution in [0.3, 0.4) is 0 Å². The second-order valence-corrected chi connectivity index (χ2v) is 9.75. The molecule has 0 saturated carbocycles. The molecule has 5 rings (SSSR count). The lowest BCUT2D eigenvalue weighted by Crippen LogP contribution is -2.77. The van der Waals surface area contributed by atoms with Crippen LogP contribution in [0.2, 0.25) is 0 Å². The van der Waals surface area contributed by atoms with Crippen molar-refractivity contribution in [2.45, 2.75) is 37.2 Å². The molecule has 2 unspecified atom stereocenters. The Morgan fingerprint density at radius 3 is 1.97 bits per heavy atom. The summed E-state index contributed by atoms with van der Waals surface area (Å²) in [6, 6.07) is 14.5. The van der Waals surface area contributed by atoms with Gasteiger partial charge >= 0.3 is 11.9 Å². The number of hydrogen-bond donors (Lipinski definition) is 3. The lowest BCUT2D eigenvalue weighted by atomic mass is 9.83. The molecule has 0 aliphatic carbocycles. The molecule has 1 spiro atoms. The monoisotopic (exact) mass is 451 g/mol. The fraction of sp³-hybridized carbons (Fsp3) is 0.440. The average molecular weight is 452 g/mol. The van der Waals surface area contributed by atoms with Crippen molar-refractivity contribution in [3.8, 4) is 0 Å². The van der Waals surface area contributed by atoms with Crippen molar-refractivity contribution >= 4 is 11.9 Å². The van der Waals surface area contributed by atoms with Crippen LogP contribution in [0, 0.1) is 0 Å². The zero-order chi connectivity index (χ0) is 23.2. The molecule has 2 aromatic carbocycles. The third-order valence-corrected chi connectivity index (χ3v) is 7.18. The molecule has 2 aromatic rings. The molecular weight excluding hydrogens is 422 g/mol. The number of carboxylic acids is 2. The fourth-order valence-corrected chi connectivity index (χ4v) is 5.94. The van der Waals surface area contributed by atoms with E-state index in [9.17, 15) is 24.9 Å². The number of hydrogen-bond acceptors (Lipinski definition) is 6. The van der Waals surface area contributed by atoms with Gasteiger partial charge in [-0.25, -0.2) is 9.59 Å². The van der Waals surface area contributed by atoms with E-state index in [4.69, 9.17) is 0 Å². The van der Waals surface area contributed by atoms with Gasteiger partial charge in [0, 0.05) is 51.9 Å². The molecule has 2 atom stereocenters. The quantitative estimate of drug-likeness (QED) is 0.608. The number of β-amino-alcohol motifs (C(OH)–C–C–N with tert-alkyl or cyclic N) is 1.